The quantitative estimate of drug-likeness (QED) is 0.155. The van der Waals surface area contributed by atoms with Crippen molar-refractivity contribution in [2.24, 2.45) is 17.3 Å². The number of benzene rings is 1. The summed E-state index contributed by atoms with van der Waals surface area (Å²) >= 11 is 1.59. The maximum Gasteiger partial charge on any atom is 0.307 e. The number of carbonyl (C=O) groups excluding carboxylic acids is 4. The molecule has 16 heteroatoms. The van der Waals surface area contributed by atoms with Crippen LogP contribution in [0.2, 0.25) is 0 Å². The summed E-state index contributed by atoms with van der Waals surface area (Å²) in [5.74, 6) is -2.54. The number of esters is 1. The molecule has 0 bridgehead atoms. The Bertz CT molecular complexity index is 2370. The van der Waals surface area contributed by atoms with Gasteiger partial charge in [0, 0.05) is 54.9 Å². The van der Waals surface area contributed by atoms with E-state index >= 15 is 0 Å². The summed E-state index contributed by atoms with van der Waals surface area (Å²) in [6, 6.07) is 5.34. The Balaban J connectivity index is 1.11. The van der Waals surface area contributed by atoms with Crippen LogP contribution in [0.15, 0.2) is 35.7 Å². The molecule has 0 spiro atoms. The van der Waals surface area contributed by atoms with Crippen LogP contribution >= 0.6 is 11.3 Å². The molecule has 342 valence electrons. The highest BCUT2D eigenvalue weighted by atomic mass is 32.2. The number of ether oxygens (including phenoxy) is 3. The molecule has 63 heavy (non-hydrogen) atoms. The van der Waals surface area contributed by atoms with E-state index in [1.54, 1.807) is 43.9 Å². The monoisotopic (exact) mass is 905 g/mol. The van der Waals surface area contributed by atoms with Gasteiger partial charge < -0.3 is 19.1 Å². The highest BCUT2D eigenvalue weighted by molar-refractivity contribution is 7.91. The molecule has 5 heterocycles. The summed E-state index contributed by atoms with van der Waals surface area (Å²) in [6.07, 6.45) is 9.72. The number of para-hydroxylation sites is 1. The molecule has 2 saturated carbocycles. The van der Waals surface area contributed by atoms with Crippen LogP contribution in [0.1, 0.15) is 143 Å². The summed E-state index contributed by atoms with van der Waals surface area (Å²) in [6.45, 7) is 12.6. The Morgan fingerprint density at radius 1 is 1.06 bits per heavy atom. The zero-order valence-corrected chi connectivity index (χ0v) is 39.2. The maximum absolute atomic E-state index is 14.9. The Kier molecular flexibility index (Phi) is 12.7. The lowest BCUT2D eigenvalue weighted by Crippen LogP contribution is -2.47. The number of rotatable bonds is 10. The van der Waals surface area contributed by atoms with Crippen LogP contribution in [-0.4, -0.2) is 93.7 Å². The number of hydrogen-bond donors (Lipinski definition) is 1. The van der Waals surface area contributed by atoms with Gasteiger partial charge in [0.25, 0.3) is 6.01 Å². The summed E-state index contributed by atoms with van der Waals surface area (Å²) in [5, 5.41) is 3.00. The standard InChI is InChI=1S/C47H63N5O9S2/c1-29(2)52-36-16-12-15-34(41-48-35(28-62-41)30-17-21-59-22-18-30)40(36)49-44(52)60-33-24-37-38(53)26-47(43(56)50-63(57,58)46(6)19-20-46)25-32(47)14-11-9-7-8-10-13-31(42(55)51(37)27-33)23-39(54)61-45(3,4)5/h11-12,14-16,28-33,37H,7-10,13,17-27H2,1-6H3,(H,50,56)/b14-11-/t31-,32-,33-,37+,47-/m1/s1. The Morgan fingerprint density at radius 3 is 2.54 bits per heavy atom. The second-order valence-corrected chi connectivity index (χ2v) is 23.1. The van der Waals surface area contributed by atoms with Crippen LogP contribution < -0.4 is 9.46 Å². The number of nitrogens with one attached hydrogen (secondary N) is 1. The van der Waals surface area contributed by atoms with Crippen LogP contribution in [0, 0.1) is 17.3 Å². The fraction of sp³-hybridized carbons (Fsp3) is 0.660. The van der Waals surface area contributed by atoms with E-state index in [9.17, 15) is 27.6 Å². The van der Waals surface area contributed by atoms with Gasteiger partial charge in [0.1, 0.15) is 22.2 Å². The van der Waals surface area contributed by atoms with Crippen LogP contribution in [-0.2, 0) is 38.7 Å². The smallest absolute Gasteiger partial charge is 0.307 e. The minimum atomic E-state index is -3.96. The van der Waals surface area contributed by atoms with Gasteiger partial charge in [0.05, 0.1) is 40.4 Å². The highest BCUT2D eigenvalue weighted by Crippen LogP contribution is 2.58. The minimum Gasteiger partial charge on any atom is -0.460 e. The van der Waals surface area contributed by atoms with Crippen molar-refractivity contribution in [2.45, 2.75) is 159 Å². The topological polar surface area (TPSA) is 176 Å². The predicted octanol–water partition coefficient (Wildman–Crippen LogP) is 7.82. The van der Waals surface area contributed by atoms with Gasteiger partial charge in [-0.25, -0.2) is 13.4 Å². The van der Waals surface area contributed by atoms with Gasteiger partial charge in [-0.15, -0.1) is 11.3 Å². The molecular weight excluding hydrogens is 843 g/mol. The molecule has 14 nitrogen and oxygen atoms in total. The van der Waals surface area contributed by atoms with Crippen molar-refractivity contribution in [1.82, 2.24) is 24.2 Å². The van der Waals surface area contributed by atoms with Gasteiger partial charge in [-0.1, -0.05) is 31.1 Å². The van der Waals surface area contributed by atoms with Crippen LogP contribution in [0.3, 0.4) is 0 Å². The number of aromatic nitrogens is 3. The van der Waals surface area contributed by atoms with Crippen molar-refractivity contribution in [2.75, 3.05) is 19.8 Å². The fourth-order valence-electron chi connectivity index (χ4n) is 9.59. The van der Waals surface area contributed by atoms with Gasteiger partial charge in [-0.3, -0.25) is 28.5 Å². The first-order valence-corrected chi connectivity index (χ1v) is 25.2. The number of nitrogens with zero attached hydrogens (tertiary/aromatic N) is 4. The van der Waals surface area contributed by atoms with Crippen molar-refractivity contribution in [3.05, 3.63) is 41.4 Å². The van der Waals surface area contributed by atoms with E-state index < -0.39 is 55.7 Å². The largest absolute Gasteiger partial charge is 0.460 e. The average Bonchev–Trinajstić information content (AvgIpc) is 3.89. The summed E-state index contributed by atoms with van der Waals surface area (Å²) in [7, 11) is -3.96. The minimum absolute atomic E-state index is 0.0599. The summed E-state index contributed by atoms with van der Waals surface area (Å²) in [4.78, 5) is 68.8. The number of carbonyl (C=O) groups is 4. The van der Waals surface area contributed by atoms with E-state index in [2.05, 4.69) is 23.9 Å². The molecule has 3 aromatic rings. The summed E-state index contributed by atoms with van der Waals surface area (Å²) < 4.78 is 48.1. The van der Waals surface area contributed by atoms with Crippen LogP contribution in [0.4, 0.5) is 0 Å². The number of amides is 2. The van der Waals surface area contributed by atoms with Gasteiger partial charge >= 0.3 is 5.97 Å². The van der Waals surface area contributed by atoms with Gasteiger partial charge in [0.2, 0.25) is 21.8 Å². The van der Waals surface area contributed by atoms with Gasteiger partial charge in [-0.05, 0) is 111 Å². The van der Waals surface area contributed by atoms with Crippen molar-refractivity contribution in [3.63, 3.8) is 0 Å². The SMILES string of the molecule is CC(C)n1c(O[C@@H]2C[C@H]3C(=O)C[C@]4(C(=O)NS(=O)(=O)C5(C)CC5)C[C@H]4/C=C\CCCCC[C@H](CC(=O)OC(C)(C)C)C(=O)N3C2)nc2c(-c3nc(C4CCOCC4)cs3)cccc21. The number of Topliss-reactive ketones (excluding diaryl/α,β-unsaturated/α-hetero) is 1. The van der Waals surface area contributed by atoms with Crippen molar-refractivity contribution < 1.29 is 41.8 Å². The number of sulfonamides is 1. The first-order chi connectivity index (χ1) is 29.9. The Labute approximate surface area is 375 Å². The molecule has 0 radical (unpaired) electrons. The first-order valence-electron chi connectivity index (χ1n) is 22.9. The third-order valence-corrected chi connectivity index (χ3v) is 16.7. The third kappa shape index (κ3) is 9.64. The summed E-state index contributed by atoms with van der Waals surface area (Å²) in [5.41, 5.74) is 1.55. The molecule has 2 saturated heterocycles. The van der Waals surface area contributed by atoms with E-state index in [0.717, 1.165) is 72.6 Å². The number of hydrogen-bond acceptors (Lipinski definition) is 12. The Morgan fingerprint density at radius 2 is 1.83 bits per heavy atom. The molecule has 3 aliphatic heterocycles. The maximum atomic E-state index is 14.9. The Hall–Kier alpha value is -4.15. The molecule has 5 atom stereocenters. The van der Waals surface area contributed by atoms with Gasteiger partial charge in [-0.2, -0.15) is 4.98 Å². The molecule has 2 aromatic heterocycles. The number of thiazole rings is 1. The predicted molar refractivity (Wildman–Crippen MR) is 240 cm³/mol. The van der Waals surface area contributed by atoms with Crippen molar-refractivity contribution in [3.8, 4) is 16.6 Å². The molecule has 8 rings (SSSR count). The molecule has 5 aliphatic rings. The normalized spacial score (nSPS) is 27.6. The molecule has 1 aromatic carbocycles. The zero-order valence-electron chi connectivity index (χ0n) is 37.5. The molecular formula is C47H63N5O9S2. The highest BCUT2D eigenvalue weighted by Gasteiger charge is 2.62. The van der Waals surface area contributed by atoms with Crippen LogP contribution in [0.25, 0.3) is 21.6 Å². The molecule has 2 amide bonds. The molecule has 2 aliphatic carbocycles. The fourth-order valence-corrected chi connectivity index (χ4v) is 11.9. The second kappa shape index (κ2) is 17.7. The van der Waals surface area contributed by atoms with Crippen molar-refractivity contribution in [1.29, 1.82) is 0 Å². The number of allylic oxidation sites excluding steroid dienone is 2. The lowest BCUT2D eigenvalue weighted by atomic mass is 9.90. The van der Waals surface area contributed by atoms with E-state index in [4.69, 9.17) is 24.2 Å². The van der Waals surface area contributed by atoms with Gasteiger partial charge in [0.15, 0.2) is 5.78 Å². The van der Waals surface area contributed by atoms with E-state index in [-0.39, 0.29) is 49.5 Å². The number of imidazole rings is 1. The van der Waals surface area contributed by atoms with E-state index in [1.807, 2.05) is 34.9 Å². The lowest BCUT2D eigenvalue weighted by Gasteiger charge is -2.29. The zero-order chi connectivity index (χ0) is 44.9. The molecule has 4 fully saturated rings. The molecule has 0 unspecified atom stereocenters. The van der Waals surface area contributed by atoms with Crippen LogP contribution in [0.5, 0.6) is 6.01 Å². The average molecular weight is 906 g/mol. The third-order valence-electron chi connectivity index (χ3n) is 13.7. The van der Waals surface area contributed by atoms with E-state index in [1.165, 1.54) is 0 Å². The lowest BCUT2D eigenvalue weighted by molar-refractivity contribution is -0.159. The number of fused-ring (bicyclic) bond motifs is 3. The second-order valence-electron chi connectivity index (χ2n) is 20.0. The van der Waals surface area contributed by atoms with E-state index in [0.29, 0.717) is 44.0 Å². The first kappa shape index (κ1) is 45.4. The number of ketones is 1. The van der Waals surface area contributed by atoms with Crippen molar-refractivity contribution >= 4 is 56.0 Å². The molecule has 1 N–H and O–H groups in total.